The first-order valence-corrected chi connectivity index (χ1v) is 7.52. The maximum Gasteiger partial charge on any atom is 0.118 e. The van der Waals surface area contributed by atoms with Crippen LogP contribution in [0.4, 0.5) is 0 Å². The van der Waals surface area contributed by atoms with Crippen molar-refractivity contribution in [2.45, 2.75) is 38.7 Å². The minimum Gasteiger partial charge on any atom is -0.508 e. The van der Waals surface area contributed by atoms with Crippen LogP contribution < -0.4 is 0 Å². The number of hydrogen-bond acceptors (Lipinski definition) is 2. The molecule has 21 heavy (non-hydrogen) atoms. The van der Waals surface area contributed by atoms with Gasteiger partial charge >= 0.3 is 0 Å². The third kappa shape index (κ3) is 5.24. The molecule has 0 aromatic heterocycles. The first-order valence-electron chi connectivity index (χ1n) is 7.52. The molecule has 0 fully saturated rings. The van der Waals surface area contributed by atoms with Crippen molar-refractivity contribution in [1.29, 1.82) is 0 Å². The van der Waals surface area contributed by atoms with Crippen LogP contribution in [0.2, 0.25) is 0 Å². The Hall–Kier alpha value is -1.80. The molecule has 0 atom stereocenters. The molecule has 0 radical (unpaired) electrons. The van der Waals surface area contributed by atoms with E-state index in [-0.39, 0.29) is 5.60 Å². The molecule has 2 heteroatoms. The Labute approximate surface area is 127 Å². The van der Waals surface area contributed by atoms with E-state index < -0.39 is 0 Å². The van der Waals surface area contributed by atoms with Gasteiger partial charge in [0.15, 0.2) is 0 Å². The van der Waals surface area contributed by atoms with Crippen LogP contribution in [0.5, 0.6) is 5.75 Å². The van der Waals surface area contributed by atoms with Gasteiger partial charge in [0, 0.05) is 13.0 Å². The molecule has 0 spiro atoms. The lowest BCUT2D eigenvalue weighted by Crippen LogP contribution is -2.28. The van der Waals surface area contributed by atoms with E-state index in [0.29, 0.717) is 12.2 Å². The molecule has 2 aromatic carbocycles. The molecule has 2 aromatic rings. The molecule has 2 nitrogen and oxygen atoms in total. The third-order valence-electron chi connectivity index (χ3n) is 3.55. The molecule has 112 valence electrons. The number of phenols is 1. The summed E-state index contributed by atoms with van der Waals surface area (Å²) in [5, 5.41) is 9.84. The Morgan fingerprint density at radius 3 is 2.33 bits per heavy atom. The zero-order chi connectivity index (χ0) is 15.1. The highest BCUT2D eigenvalue weighted by Crippen LogP contribution is 2.24. The summed E-state index contributed by atoms with van der Waals surface area (Å²) in [6.45, 7) is 4.87. The maximum absolute atomic E-state index is 9.84. The van der Waals surface area contributed by atoms with E-state index in [4.69, 9.17) is 4.74 Å². The van der Waals surface area contributed by atoms with Gasteiger partial charge in [0.05, 0.1) is 5.60 Å². The third-order valence-corrected chi connectivity index (χ3v) is 3.55. The van der Waals surface area contributed by atoms with E-state index in [9.17, 15) is 5.11 Å². The second kappa shape index (κ2) is 7.28. The molecule has 0 saturated carbocycles. The van der Waals surface area contributed by atoms with Crippen LogP contribution in [0.1, 0.15) is 31.4 Å². The predicted octanol–water partition coefficient (Wildman–Crippen LogP) is 4.36. The van der Waals surface area contributed by atoms with Gasteiger partial charge in [0.1, 0.15) is 5.75 Å². The topological polar surface area (TPSA) is 29.5 Å². The van der Waals surface area contributed by atoms with Crippen molar-refractivity contribution < 1.29 is 9.84 Å². The fourth-order valence-electron chi connectivity index (χ4n) is 2.44. The van der Waals surface area contributed by atoms with Gasteiger partial charge < -0.3 is 9.84 Å². The second-order valence-corrected chi connectivity index (χ2v) is 6.00. The first-order chi connectivity index (χ1) is 10.1. The normalized spacial score (nSPS) is 11.5. The highest BCUT2D eigenvalue weighted by molar-refractivity contribution is 5.32. The molecule has 2 rings (SSSR count). The van der Waals surface area contributed by atoms with Crippen LogP contribution in [-0.2, 0) is 17.6 Å². The summed E-state index contributed by atoms with van der Waals surface area (Å²) in [5.74, 6) is 0.346. The SMILES string of the molecule is CC(C)(Cc1ccccc1O)OCCCc1ccccc1. The van der Waals surface area contributed by atoms with Gasteiger partial charge in [-0.15, -0.1) is 0 Å². The Morgan fingerprint density at radius 2 is 1.62 bits per heavy atom. The Kier molecular flexibility index (Phi) is 5.40. The lowest BCUT2D eigenvalue weighted by Gasteiger charge is -2.26. The Bertz CT molecular complexity index is 547. The average Bonchev–Trinajstić information content (AvgIpc) is 2.47. The molecule has 0 heterocycles. The van der Waals surface area contributed by atoms with Gasteiger partial charge in [-0.1, -0.05) is 48.5 Å². The van der Waals surface area contributed by atoms with E-state index in [1.807, 2.05) is 24.3 Å². The smallest absolute Gasteiger partial charge is 0.118 e. The van der Waals surface area contributed by atoms with E-state index in [1.165, 1.54) is 5.56 Å². The number of rotatable bonds is 7. The quantitative estimate of drug-likeness (QED) is 0.765. The van der Waals surface area contributed by atoms with Gasteiger partial charge in [0.25, 0.3) is 0 Å². The molecular weight excluding hydrogens is 260 g/mol. The number of ether oxygens (including phenoxy) is 1. The highest BCUT2D eigenvalue weighted by atomic mass is 16.5. The van der Waals surface area contributed by atoms with Gasteiger partial charge in [-0.05, 0) is 43.9 Å². The number of phenolic OH excluding ortho intramolecular Hbond substituents is 1. The summed E-state index contributed by atoms with van der Waals surface area (Å²) in [6.07, 6.45) is 2.76. The van der Waals surface area contributed by atoms with Gasteiger partial charge in [0.2, 0.25) is 0 Å². The van der Waals surface area contributed by atoms with Crippen molar-refractivity contribution in [3.05, 3.63) is 65.7 Å². The fourth-order valence-corrected chi connectivity index (χ4v) is 2.44. The molecule has 0 bridgehead atoms. The maximum atomic E-state index is 9.84. The summed E-state index contributed by atoms with van der Waals surface area (Å²) in [6, 6.07) is 17.9. The zero-order valence-electron chi connectivity index (χ0n) is 12.9. The van der Waals surface area contributed by atoms with Gasteiger partial charge in [-0.3, -0.25) is 0 Å². The van der Waals surface area contributed by atoms with Crippen molar-refractivity contribution >= 4 is 0 Å². The van der Waals surface area contributed by atoms with Crippen LogP contribution in [0.15, 0.2) is 54.6 Å². The number of aryl methyl sites for hydroxylation is 1. The van der Waals surface area contributed by atoms with Crippen molar-refractivity contribution in [2.24, 2.45) is 0 Å². The minimum atomic E-state index is -0.268. The van der Waals surface area contributed by atoms with Gasteiger partial charge in [-0.25, -0.2) is 0 Å². The van der Waals surface area contributed by atoms with Crippen LogP contribution in [0, 0.1) is 0 Å². The Balaban J connectivity index is 1.77. The summed E-state index contributed by atoms with van der Waals surface area (Å²) < 4.78 is 6.00. The average molecular weight is 284 g/mol. The van der Waals surface area contributed by atoms with E-state index in [2.05, 4.69) is 38.1 Å². The van der Waals surface area contributed by atoms with E-state index in [0.717, 1.165) is 25.0 Å². The van der Waals surface area contributed by atoms with Crippen molar-refractivity contribution in [3.63, 3.8) is 0 Å². The molecule has 0 unspecified atom stereocenters. The highest BCUT2D eigenvalue weighted by Gasteiger charge is 2.20. The number of para-hydroxylation sites is 1. The fraction of sp³-hybridized carbons (Fsp3) is 0.368. The molecule has 0 aliphatic heterocycles. The number of benzene rings is 2. The molecule has 0 saturated heterocycles. The Morgan fingerprint density at radius 1 is 0.952 bits per heavy atom. The zero-order valence-corrected chi connectivity index (χ0v) is 12.9. The van der Waals surface area contributed by atoms with Crippen molar-refractivity contribution in [1.82, 2.24) is 0 Å². The van der Waals surface area contributed by atoms with Crippen LogP contribution in [0.3, 0.4) is 0 Å². The largest absolute Gasteiger partial charge is 0.508 e. The lowest BCUT2D eigenvalue weighted by molar-refractivity contribution is -0.0182. The van der Waals surface area contributed by atoms with Crippen LogP contribution in [0.25, 0.3) is 0 Å². The predicted molar refractivity (Wildman–Crippen MR) is 86.6 cm³/mol. The summed E-state index contributed by atoms with van der Waals surface area (Å²) in [7, 11) is 0. The molecule has 0 aliphatic rings. The first kappa shape index (κ1) is 15.6. The molecule has 1 N–H and O–H groups in total. The number of aromatic hydroxyl groups is 1. The summed E-state index contributed by atoms with van der Waals surface area (Å²) >= 11 is 0. The van der Waals surface area contributed by atoms with E-state index >= 15 is 0 Å². The van der Waals surface area contributed by atoms with Crippen LogP contribution >= 0.6 is 0 Å². The molecular formula is C19H24O2. The van der Waals surface area contributed by atoms with E-state index in [1.54, 1.807) is 6.07 Å². The van der Waals surface area contributed by atoms with Crippen molar-refractivity contribution in [3.8, 4) is 5.75 Å². The van der Waals surface area contributed by atoms with Gasteiger partial charge in [-0.2, -0.15) is 0 Å². The monoisotopic (exact) mass is 284 g/mol. The summed E-state index contributed by atoms with van der Waals surface area (Å²) in [5.41, 5.74) is 2.01. The van der Waals surface area contributed by atoms with Crippen LogP contribution in [-0.4, -0.2) is 17.3 Å². The molecule has 0 amide bonds. The van der Waals surface area contributed by atoms with Crippen molar-refractivity contribution in [2.75, 3.05) is 6.61 Å². The molecule has 0 aliphatic carbocycles. The summed E-state index contributed by atoms with van der Waals surface area (Å²) in [4.78, 5) is 0. The standard InChI is InChI=1S/C19H24O2/c1-19(2,15-17-12-6-7-13-18(17)20)21-14-8-11-16-9-4-3-5-10-16/h3-7,9-10,12-13,20H,8,11,14-15H2,1-2H3. The second-order valence-electron chi connectivity index (χ2n) is 6.00. The lowest BCUT2D eigenvalue weighted by atomic mass is 9.97. The number of hydrogen-bond donors (Lipinski definition) is 1. The minimum absolute atomic E-state index is 0.268.